The molecule has 1 fully saturated rings. The molecule has 1 atom stereocenters. The summed E-state index contributed by atoms with van der Waals surface area (Å²) < 4.78 is 1.61. The van der Waals surface area contributed by atoms with Gasteiger partial charge < -0.3 is 10.6 Å². The number of nitrogens with two attached hydrogens (primary N) is 1. The molecule has 23 heavy (non-hydrogen) atoms. The largest absolute Gasteiger partial charge is 0.336 e. The molecule has 0 spiro atoms. The second-order valence-corrected chi connectivity index (χ2v) is 6.21. The Morgan fingerprint density at radius 3 is 2.74 bits per heavy atom. The molecule has 1 amide bonds. The van der Waals surface area contributed by atoms with Crippen LogP contribution >= 0.6 is 35.6 Å². The van der Waals surface area contributed by atoms with Crippen LogP contribution in [0.25, 0.3) is 5.69 Å². The van der Waals surface area contributed by atoms with Gasteiger partial charge in [0.25, 0.3) is 5.91 Å². The highest BCUT2D eigenvalue weighted by Gasteiger charge is 2.23. The lowest BCUT2D eigenvalue weighted by atomic mass is 10.1. The van der Waals surface area contributed by atoms with E-state index in [0.29, 0.717) is 22.3 Å². The quantitative estimate of drug-likeness (QED) is 0.877. The highest BCUT2D eigenvalue weighted by atomic mass is 35.5. The summed E-state index contributed by atoms with van der Waals surface area (Å²) in [6, 6.07) is 6.96. The Balaban J connectivity index is 0.00000192. The zero-order valence-electron chi connectivity index (χ0n) is 12.3. The van der Waals surface area contributed by atoms with Gasteiger partial charge in [0.2, 0.25) is 0 Å². The zero-order valence-corrected chi connectivity index (χ0v) is 14.6. The van der Waals surface area contributed by atoms with E-state index < -0.39 is 0 Å². The number of hydrogen-bond donors (Lipinski definition) is 1. The molecular weight excluding hydrogens is 359 g/mol. The summed E-state index contributed by atoms with van der Waals surface area (Å²) in [4.78, 5) is 14.2. The average molecular weight is 376 g/mol. The molecule has 8 heteroatoms. The molecular formula is C15H17Cl3N4O. The van der Waals surface area contributed by atoms with Crippen LogP contribution in [-0.2, 0) is 0 Å². The first kappa shape index (κ1) is 18.1. The Bertz CT molecular complexity index is 704. The lowest BCUT2D eigenvalue weighted by Gasteiger charge is -2.30. The highest BCUT2D eigenvalue weighted by Crippen LogP contribution is 2.24. The van der Waals surface area contributed by atoms with E-state index in [0.717, 1.165) is 25.1 Å². The number of carbonyl (C=O) groups is 1. The van der Waals surface area contributed by atoms with E-state index in [9.17, 15) is 4.79 Å². The molecule has 1 unspecified atom stereocenters. The van der Waals surface area contributed by atoms with Gasteiger partial charge in [-0.3, -0.25) is 4.79 Å². The van der Waals surface area contributed by atoms with Crippen molar-refractivity contribution in [2.24, 2.45) is 5.73 Å². The summed E-state index contributed by atoms with van der Waals surface area (Å²) in [5.41, 5.74) is 7.08. The predicted molar refractivity (Wildman–Crippen MR) is 93.9 cm³/mol. The standard InChI is InChI=1S/C15H16Cl2N4O.ClH/c16-12-4-3-11(8-13(12)17)21-7-5-14(19-21)15(22)20-6-1-2-10(18)9-20;/h3-5,7-8,10H,1-2,6,9,18H2;1H. The van der Waals surface area contributed by atoms with Gasteiger partial charge in [-0.2, -0.15) is 5.10 Å². The van der Waals surface area contributed by atoms with Crippen LogP contribution in [0.5, 0.6) is 0 Å². The van der Waals surface area contributed by atoms with Crippen molar-refractivity contribution in [3.8, 4) is 5.69 Å². The second-order valence-electron chi connectivity index (χ2n) is 5.40. The summed E-state index contributed by atoms with van der Waals surface area (Å²) in [5.74, 6) is -0.0889. The van der Waals surface area contributed by atoms with Crippen molar-refractivity contribution >= 4 is 41.5 Å². The molecule has 1 aromatic carbocycles. The van der Waals surface area contributed by atoms with Crippen molar-refractivity contribution in [3.63, 3.8) is 0 Å². The van der Waals surface area contributed by atoms with Crippen molar-refractivity contribution in [3.05, 3.63) is 46.2 Å². The SMILES string of the molecule is Cl.NC1CCCN(C(=O)c2ccn(-c3ccc(Cl)c(Cl)c3)n2)C1. The Labute approximate surface area is 150 Å². The van der Waals surface area contributed by atoms with E-state index in [1.807, 2.05) is 0 Å². The minimum Gasteiger partial charge on any atom is -0.336 e. The van der Waals surface area contributed by atoms with Gasteiger partial charge in [0.1, 0.15) is 0 Å². The van der Waals surface area contributed by atoms with Crippen molar-refractivity contribution in [1.29, 1.82) is 0 Å². The summed E-state index contributed by atoms with van der Waals surface area (Å²) in [6.07, 6.45) is 3.62. The summed E-state index contributed by atoms with van der Waals surface area (Å²) >= 11 is 11.9. The molecule has 3 rings (SSSR count). The average Bonchev–Trinajstić information content (AvgIpc) is 2.99. The van der Waals surface area contributed by atoms with E-state index in [4.69, 9.17) is 28.9 Å². The van der Waals surface area contributed by atoms with Crippen LogP contribution in [0.2, 0.25) is 10.0 Å². The second kappa shape index (κ2) is 7.53. The van der Waals surface area contributed by atoms with Crippen LogP contribution in [0.4, 0.5) is 0 Å². The first-order valence-electron chi connectivity index (χ1n) is 7.10. The van der Waals surface area contributed by atoms with E-state index in [-0.39, 0.29) is 24.4 Å². The molecule has 1 saturated heterocycles. The predicted octanol–water partition coefficient (Wildman–Crippen LogP) is 3.16. The van der Waals surface area contributed by atoms with E-state index >= 15 is 0 Å². The molecule has 2 heterocycles. The number of carbonyl (C=O) groups excluding carboxylic acids is 1. The van der Waals surface area contributed by atoms with Gasteiger partial charge in [-0.15, -0.1) is 12.4 Å². The lowest BCUT2D eigenvalue weighted by molar-refractivity contribution is 0.0702. The maximum atomic E-state index is 12.5. The van der Waals surface area contributed by atoms with E-state index in [1.54, 1.807) is 40.0 Å². The summed E-state index contributed by atoms with van der Waals surface area (Å²) in [5, 5.41) is 5.27. The fraction of sp³-hybridized carbons (Fsp3) is 0.333. The van der Waals surface area contributed by atoms with Gasteiger partial charge in [0.15, 0.2) is 5.69 Å². The minimum absolute atomic E-state index is 0. The Morgan fingerprint density at radius 2 is 2.04 bits per heavy atom. The summed E-state index contributed by atoms with van der Waals surface area (Å²) in [6.45, 7) is 1.31. The third-order valence-corrected chi connectivity index (χ3v) is 4.46. The molecule has 2 aromatic rings. The molecule has 0 bridgehead atoms. The fourth-order valence-electron chi connectivity index (χ4n) is 2.57. The molecule has 124 valence electrons. The number of benzene rings is 1. The monoisotopic (exact) mass is 374 g/mol. The molecule has 1 aliphatic heterocycles. The molecule has 2 N–H and O–H groups in total. The maximum Gasteiger partial charge on any atom is 0.274 e. The number of amides is 1. The van der Waals surface area contributed by atoms with Gasteiger partial charge in [-0.05, 0) is 37.1 Å². The molecule has 5 nitrogen and oxygen atoms in total. The topological polar surface area (TPSA) is 64.2 Å². The van der Waals surface area contributed by atoms with E-state index in [2.05, 4.69) is 5.10 Å². The summed E-state index contributed by atoms with van der Waals surface area (Å²) in [7, 11) is 0. The number of halogens is 3. The van der Waals surface area contributed by atoms with Crippen LogP contribution in [0.1, 0.15) is 23.3 Å². The van der Waals surface area contributed by atoms with Crippen molar-refractivity contribution in [2.45, 2.75) is 18.9 Å². The third-order valence-electron chi connectivity index (χ3n) is 3.72. The van der Waals surface area contributed by atoms with Gasteiger partial charge in [-0.25, -0.2) is 4.68 Å². The Hall–Kier alpha value is -1.27. The van der Waals surface area contributed by atoms with Gasteiger partial charge in [-0.1, -0.05) is 23.2 Å². The highest BCUT2D eigenvalue weighted by molar-refractivity contribution is 6.42. The van der Waals surface area contributed by atoms with Crippen LogP contribution in [0.3, 0.4) is 0 Å². The molecule has 0 saturated carbocycles. The third kappa shape index (κ3) is 3.98. The number of hydrogen-bond acceptors (Lipinski definition) is 3. The number of piperidine rings is 1. The van der Waals surface area contributed by atoms with Gasteiger partial charge >= 0.3 is 0 Å². The molecule has 1 aromatic heterocycles. The minimum atomic E-state index is -0.0889. The number of likely N-dealkylation sites (tertiary alicyclic amines) is 1. The smallest absolute Gasteiger partial charge is 0.274 e. The normalized spacial score (nSPS) is 17.7. The Kier molecular flexibility index (Phi) is 5.92. The van der Waals surface area contributed by atoms with E-state index in [1.165, 1.54) is 0 Å². The number of aromatic nitrogens is 2. The van der Waals surface area contributed by atoms with Crippen LogP contribution in [0, 0.1) is 0 Å². The lowest BCUT2D eigenvalue weighted by Crippen LogP contribution is -2.45. The number of rotatable bonds is 2. The van der Waals surface area contributed by atoms with Crippen LogP contribution < -0.4 is 5.73 Å². The van der Waals surface area contributed by atoms with Crippen LogP contribution in [-0.4, -0.2) is 39.7 Å². The van der Waals surface area contributed by atoms with Crippen molar-refractivity contribution in [2.75, 3.05) is 13.1 Å². The maximum absolute atomic E-state index is 12.5. The fourth-order valence-corrected chi connectivity index (χ4v) is 2.86. The van der Waals surface area contributed by atoms with Gasteiger partial charge in [0.05, 0.1) is 15.7 Å². The first-order chi connectivity index (χ1) is 10.5. The zero-order chi connectivity index (χ0) is 15.7. The Morgan fingerprint density at radius 1 is 1.26 bits per heavy atom. The van der Waals surface area contributed by atoms with Crippen LogP contribution in [0.15, 0.2) is 30.5 Å². The molecule has 1 aliphatic rings. The molecule has 0 aliphatic carbocycles. The van der Waals surface area contributed by atoms with Crippen molar-refractivity contribution in [1.82, 2.24) is 14.7 Å². The molecule has 0 radical (unpaired) electrons. The number of nitrogens with zero attached hydrogens (tertiary/aromatic N) is 3. The first-order valence-corrected chi connectivity index (χ1v) is 7.86. The van der Waals surface area contributed by atoms with Crippen molar-refractivity contribution < 1.29 is 4.79 Å². The van der Waals surface area contributed by atoms with Gasteiger partial charge in [0, 0.05) is 25.3 Å².